The average Bonchev–Trinajstić information content (AvgIpc) is 1.88. The molecular weight excluding hydrogens is 152 g/mol. The summed E-state index contributed by atoms with van der Waals surface area (Å²) in [7, 11) is 1.68. The lowest BCUT2D eigenvalue weighted by Gasteiger charge is -2.00. The molecule has 0 saturated carbocycles. The third-order valence-corrected chi connectivity index (χ3v) is 1.28. The van der Waals surface area contributed by atoms with Crippen LogP contribution in [0.4, 0.5) is 5.82 Å². The molecule has 0 bridgehead atoms. The maximum Gasteiger partial charge on any atom is 0.168 e. The van der Waals surface area contributed by atoms with E-state index in [1.54, 1.807) is 7.05 Å². The van der Waals surface area contributed by atoms with Crippen LogP contribution in [-0.4, -0.2) is 17.1 Å². The van der Waals surface area contributed by atoms with E-state index in [0.29, 0.717) is 10.8 Å². The van der Waals surface area contributed by atoms with Crippen molar-refractivity contribution in [3.05, 3.63) is 17.3 Å². The SMILES string of the molecule is CNc1ncc(Cl)cc1O. The summed E-state index contributed by atoms with van der Waals surface area (Å²) in [5.74, 6) is 0.499. The number of halogens is 1. The molecule has 0 saturated heterocycles. The van der Waals surface area contributed by atoms with Crippen LogP contribution >= 0.6 is 11.6 Å². The van der Waals surface area contributed by atoms with Gasteiger partial charge < -0.3 is 10.4 Å². The number of aromatic hydroxyl groups is 1. The second-order valence-electron chi connectivity index (χ2n) is 1.77. The van der Waals surface area contributed by atoms with Gasteiger partial charge in [0.2, 0.25) is 0 Å². The molecule has 10 heavy (non-hydrogen) atoms. The minimum Gasteiger partial charge on any atom is -0.504 e. The molecule has 54 valence electrons. The smallest absolute Gasteiger partial charge is 0.168 e. The number of rotatable bonds is 1. The summed E-state index contributed by atoms with van der Waals surface area (Å²) in [6.45, 7) is 0. The topological polar surface area (TPSA) is 45.2 Å². The van der Waals surface area contributed by atoms with Crippen molar-refractivity contribution in [2.75, 3.05) is 12.4 Å². The number of hydrogen-bond acceptors (Lipinski definition) is 3. The number of nitrogens with one attached hydrogen (secondary N) is 1. The first kappa shape index (κ1) is 7.15. The highest BCUT2D eigenvalue weighted by Crippen LogP contribution is 2.22. The Bertz CT molecular complexity index is 239. The van der Waals surface area contributed by atoms with Crippen LogP contribution in [0.25, 0.3) is 0 Å². The molecule has 0 aliphatic heterocycles. The Balaban J connectivity index is 3.07. The van der Waals surface area contributed by atoms with Gasteiger partial charge in [-0.15, -0.1) is 0 Å². The normalized spacial score (nSPS) is 9.40. The van der Waals surface area contributed by atoms with Gasteiger partial charge >= 0.3 is 0 Å². The second-order valence-corrected chi connectivity index (χ2v) is 2.21. The van der Waals surface area contributed by atoms with E-state index in [2.05, 4.69) is 10.3 Å². The predicted octanol–water partition coefficient (Wildman–Crippen LogP) is 1.48. The first-order chi connectivity index (χ1) is 4.74. The maximum atomic E-state index is 9.08. The van der Waals surface area contributed by atoms with Gasteiger partial charge in [0.25, 0.3) is 0 Å². The fourth-order valence-corrected chi connectivity index (χ4v) is 0.773. The number of pyridine rings is 1. The highest BCUT2D eigenvalue weighted by molar-refractivity contribution is 6.30. The van der Waals surface area contributed by atoms with Gasteiger partial charge in [0.05, 0.1) is 5.02 Å². The summed E-state index contributed by atoms with van der Waals surface area (Å²) in [5, 5.41) is 12.2. The first-order valence-electron chi connectivity index (χ1n) is 2.76. The second kappa shape index (κ2) is 2.75. The molecule has 0 radical (unpaired) electrons. The molecule has 1 aromatic rings. The van der Waals surface area contributed by atoms with Crippen LogP contribution in [0, 0.1) is 0 Å². The van der Waals surface area contributed by atoms with Crippen LogP contribution in [0.2, 0.25) is 5.02 Å². The molecule has 1 aromatic heterocycles. The lowest BCUT2D eigenvalue weighted by molar-refractivity contribution is 0.475. The molecule has 1 rings (SSSR count). The molecule has 0 aromatic carbocycles. The zero-order chi connectivity index (χ0) is 7.56. The summed E-state index contributed by atoms with van der Waals surface area (Å²) >= 11 is 5.52. The van der Waals surface area contributed by atoms with E-state index in [1.165, 1.54) is 12.3 Å². The van der Waals surface area contributed by atoms with Gasteiger partial charge in [-0.1, -0.05) is 11.6 Å². The van der Waals surface area contributed by atoms with Crippen molar-refractivity contribution in [3.63, 3.8) is 0 Å². The summed E-state index contributed by atoms with van der Waals surface area (Å²) in [4.78, 5) is 3.80. The van der Waals surface area contributed by atoms with Crippen molar-refractivity contribution in [1.82, 2.24) is 4.98 Å². The molecule has 1 heterocycles. The van der Waals surface area contributed by atoms with Gasteiger partial charge in [-0.05, 0) is 0 Å². The third kappa shape index (κ3) is 1.30. The zero-order valence-corrected chi connectivity index (χ0v) is 6.18. The number of anilines is 1. The van der Waals surface area contributed by atoms with E-state index in [1.807, 2.05) is 0 Å². The van der Waals surface area contributed by atoms with Crippen molar-refractivity contribution in [2.24, 2.45) is 0 Å². The molecule has 2 N–H and O–H groups in total. The van der Waals surface area contributed by atoms with Gasteiger partial charge in [-0.25, -0.2) is 4.98 Å². The highest BCUT2D eigenvalue weighted by Gasteiger charge is 1.98. The third-order valence-electron chi connectivity index (χ3n) is 1.07. The molecule has 3 nitrogen and oxygen atoms in total. The number of nitrogens with zero attached hydrogens (tertiary/aromatic N) is 1. The van der Waals surface area contributed by atoms with E-state index in [4.69, 9.17) is 16.7 Å². The van der Waals surface area contributed by atoms with Gasteiger partial charge in [0, 0.05) is 19.3 Å². The Morgan fingerprint density at radius 3 is 2.90 bits per heavy atom. The van der Waals surface area contributed by atoms with E-state index < -0.39 is 0 Å². The highest BCUT2D eigenvalue weighted by atomic mass is 35.5. The quantitative estimate of drug-likeness (QED) is 0.651. The van der Waals surface area contributed by atoms with E-state index in [-0.39, 0.29) is 5.75 Å². The Kier molecular flexibility index (Phi) is 1.97. The molecule has 0 spiro atoms. The minimum atomic E-state index is 0.0648. The van der Waals surface area contributed by atoms with Crippen molar-refractivity contribution in [2.45, 2.75) is 0 Å². The molecule has 0 fully saturated rings. The molecule has 0 amide bonds. The van der Waals surface area contributed by atoms with Crippen molar-refractivity contribution in [3.8, 4) is 5.75 Å². The predicted molar refractivity (Wildman–Crippen MR) is 40.5 cm³/mol. The summed E-state index contributed by atoms with van der Waals surface area (Å²) in [6, 6.07) is 1.43. The Hall–Kier alpha value is -0.960. The average molecular weight is 159 g/mol. The maximum absolute atomic E-state index is 9.08. The molecular formula is C6H7ClN2O. The fraction of sp³-hybridized carbons (Fsp3) is 0.167. The van der Waals surface area contributed by atoms with Crippen LogP contribution in [-0.2, 0) is 0 Å². The Morgan fingerprint density at radius 2 is 2.40 bits per heavy atom. The van der Waals surface area contributed by atoms with Crippen molar-refractivity contribution in [1.29, 1.82) is 0 Å². The standard InChI is InChI=1S/C6H7ClN2O/c1-8-6-5(10)2-4(7)3-9-6/h2-3,10H,1H3,(H,8,9). The minimum absolute atomic E-state index is 0.0648. The summed E-state index contributed by atoms with van der Waals surface area (Å²) in [6.07, 6.45) is 1.47. The van der Waals surface area contributed by atoms with Gasteiger partial charge in [0.15, 0.2) is 11.6 Å². The lowest BCUT2D eigenvalue weighted by Crippen LogP contribution is -1.91. The molecule has 0 aliphatic rings. The van der Waals surface area contributed by atoms with Crippen LogP contribution in [0.1, 0.15) is 0 Å². The van der Waals surface area contributed by atoms with Crippen LogP contribution in [0.5, 0.6) is 5.75 Å². The lowest BCUT2D eigenvalue weighted by atomic mass is 10.4. The molecule has 0 unspecified atom stereocenters. The van der Waals surface area contributed by atoms with Crippen molar-refractivity contribution < 1.29 is 5.11 Å². The molecule has 4 heteroatoms. The van der Waals surface area contributed by atoms with Crippen LogP contribution < -0.4 is 5.32 Å². The largest absolute Gasteiger partial charge is 0.504 e. The van der Waals surface area contributed by atoms with Crippen molar-refractivity contribution >= 4 is 17.4 Å². The van der Waals surface area contributed by atoms with Gasteiger partial charge in [-0.2, -0.15) is 0 Å². The fourth-order valence-electron chi connectivity index (χ4n) is 0.621. The monoisotopic (exact) mass is 158 g/mol. The number of hydrogen-bond donors (Lipinski definition) is 2. The number of aromatic nitrogens is 1. The molecule has 0 atom stereocenters. The van der Waals surface area contributed by atoms with Gasteiger partial charge in [0.1, 0.15) is 0 Å². The van der Waals surface area contributed by atoms with E-state index >= 15 is 0 Å². The summed E-state index contributed by atoms with van der Waals surface area (Å²) in [5.41, 5.74) is 0. The Labute approximate surface area is 63.7 Å². The molecule has 0 aliphatic carbocycles. The van der Waals surface area contributed by atoms with Crippen LogP contribution in [0.3, 0.4) is 0 Å². The van der Waals surface area contributed by atoms with E-state index in [9.17, 15) is 0 Å². The zero-order valence-electron chi connectivity index (χ0n) is 5.43. The van der Waals surface area contributed by atoms with Gasteiger partial charge in [-0.3, -0.25) is 0 Å². The first-order valence-corrected chi connectivity index (χ1v) is 3.14. The Morgan fingerprint density at radius 1 is 1.70 bits per heavy atom. The van der Waals surface area contributed by atoms with E-state index in [0.717, 1.165) is 0 Å². The summed E-state index contributed by atoms with van der Waals surface area (Å²) < 4.78 is 0. The van der Waals surface area contributed by atoms with Crippen LogP contribution in [0.15, 0.2) is 12.3 Å².